The standard InChI is InChI=1S/C15H17ClN2O3/c1-9(2)15(21)17-11-3-5-12(6-4-11)18-8-10(14(16)20)7-13(18)19/h3-6,9-10H,7-8H2,1-2H3,(H,17,21)/t10-/m1/s1. The van der Waals surface area contributed by atoms with Crippen molar-refractivity contribution in [3.05, 3.63) is 24.3 Å². The molecule has 0 unspecified atom stereocenters. The first-order chi connectivity index (χ1) is 9.88. The molecule has 1 fully saturated rings. The quantitative estimate of drug-likeness (QED) is 0.869. The van der Waals surface area contributed by atoms with E-state index in [0.717, 1.165) is 0 Å². The van der Waals surface area contributed by atoms with Crippen LogP contribution in [0.25, 0.3) is 0 Å². The molecule has 21 heavy (non-hydrogen) atoms. The van der Waals surface area contributed by atoms with Crippen molar-refractivity contribution in [2.75, 3.05) is 16.8 Å². The number of halogens is 1. The Morgan fingerprint density at radius 2 is 1.90 bits per heavy atom. The normalized spacial score (nSPS) is 18.2. The monoisotopic (exact) mass is 308 g/mol. The van der Waals surface area contributed by atoms with Gasteiger partial charge in [0.05, 0.1) is 5.92 Å². The Labute approximate surface area is 128 Å². The number of rotatable bonds is 4. The Hall–Kier alpha value is -1.88. The molecule has 1 aliphatic heterocycles. The molecule has 0 aromatic heterocycles. The minimum atomic E-state index is -0.480. The van der Waals surface area contributed by atoms with Crippen LogP contribution in [0.4, 0.5) is 11.4 Å². The Morgan fingerprint density at radius 1 is 1.29 bits per heavy atom. The topological polar surface area (TPSA) is 66.5 Å². The molecule has 1 aromatic rings. The van der Waals surface area contributed by atoms with Crippen LogP contribution in [0.2, 0.25) is 0 Å². The average Bonchev–Trinajstić information content (AvgIpc) is 2.82. The molecule has 1 saturated heterocycles. The molecule has 2 rings (SSSR count). The molecule has 0 aliphatic carbocycles. The van der Waals surface area contributed by atoms with Crippen LogP contribution in [0.5, 0.6) is 0 Å². The molecule has 1 N–H and O–H groups in total. The number of hydrogen-bond donors (Lipinski definition) is 1. The summed E-state index contributed by atoms with van der Waals surface area (Å²) in [5.74, 6) is -0.722. The summed E-state index contributed by atoms with van der Waals surface area (Å²) in [5.41, 5.74) is 1.37. The second-order valence-electron chi connectivity index (χ2n) is 5.40. The highest BCUT2D eigenvalue weighted by atomic mass is 35.5. The maximum atomic E-state index is 11.9. The number of anilines is 2. The molecule has 5 nitrogen and oxygen atoms in total. The summed E-state index contributed by atoms with van der Waals surface area (Å²) < 4.78 is 0. The predicted molar refractivity (Wildman–Crippen MR) is 81.2 cm³/mol. The zero-order chi connectivity index (χ0) is 15.6. The van der Waals surface area contributed by atoms with Gasteiger partial charge in [0, 0.05) is 30.3 Å². The molecule has 0 saturated carbocycles. The highest BCUT2D eigenvalue weighted by Crippen LogP contribution is 2.27. The Bertz CT molecular complexity index is 569. The summed E-state index contributed by atoms with van der Waals surface area (Å²) in [7, 11) is 0. The molecule has 6 heteroatoms. The van der Waals surface area contributed by atoms with Crippen molar-refractivity contribution in [2.24, 2.45) is 11.8 Å². The van der Waals surface area contributed by atoms with Gasteiger partial charge in [0.25, 0.3) is 0 Å². The van der Waals surface area contributed by atoms with Crippen molar-refractivity contribution in [1.29, 1.82) is 0 Å². The fourth-order valence-electron chi connectivity index (χ4n) is 2.12. The van der Waals surface area contributed by atoms with Gasteiger partial charge in [-0.1, -0.05) is 13.8 Å². The third-order valence-corrected chi connectivity index (χ3v) is 3.73. The van der Waals surface area contributed by atoms with Crippen LogP contribution in [0.1, 0.15) is 20.3 Å². The molecule has 2 amide bonds. The lowest BCUT2D eigenvalue weighted by molar-refractivity contribution is -0.120. The van der Waals surface area contributed by atoms with Gasteiger partial charge in [-0.05, 0) is 35.9 Å². The van der Waals surface area contributed by atoms with Crippen molar-refractivity contribution in [3.8, 4) is 0 Å². The molecule has 1 aliphatic rings. The highest BCUT2D eigenvalue weighted by Gasteiger charge is 2.34. The van der Waals surface area contributed by atoms with Gasteiger partial charge in [0.2, 0.25) is 17.1 Å². The lowest BCUT2D eigenvalue weighted by Gasteiger charge is -2.17. The average molecular weight is 309 g/mol. The number of carbonyl (C=O) groups excluding carboxylic acids is 3. The Kier molecular flexibility index (Phi) is 4.63. The van der Waals surface area contributed by atoms with Gasteiger partial charge in [-0.15, -0.1) is 0 Å². The highest BCUT2D eigenvalue weighted by molar-refractivity contribution is 6.64. The molecule has 1 heterocycles. The molecular weight excluding hydrogens is 292 g/mol. The number of carbonyl (C=O) groups is 3. The summed E-state index contributed by atoms with van der Waals surface area (Å²) in [4.78, 5) is 36.2. The number of benzene rings is 1. The molecule has 112 valence electrons. The van der Waals surface area contributed by atoms with E-state index in [-0.39, 0.29) is 24.2 Å². The van der Waals surface area contributed by atoms with E-state index in [0.29, 0.717) is 17.9 Å². The number of amides is 2. The van der Waals surface area contributed by atoms with Gasteiger partial charge >= 0.3 is 0 Å². The first-order valence-corrected chi connectivity index (χ1v) is 7.17. The summed E-state index contributed by atoms with van der Waals surface area (Å²) in [6.07, 6.45) is 0.147. The van der Waals surface area contributed by atoms with E-state index in [1.54, 1.807) is 29.2 Å². The maximum Gasteiger partial charge on any atom is 0.227 e. The molecule has 0 radical (unpaired) electrons. The molecule has 1 atom stereocenters. The van der Waals surface area contributed by atoms with Crippen LogP contribution in [0, 0.1) is 11.8 Å². The second-order valence-corrected chi connectivity index (χ2v) is 5.77. The number of hydrogen-bond acceptors (Lipinski definition) is 3. The lowest BCUT2D eigenvalue weighted by Crippen LogP contribution is -2.25. The lowest BCUT2D eigenvalue weighted by atomic mass is 10.1. The maximum absolute atomic E-state index is 11.9. The van der Waals surface area contributed by atoms with Crippen LogP contribution < -0.4 is 10.2 Å². The molecule has 0 spiro atoms. The van der Waals surface area contributed by atoms with Gasteiger partial charge in [-0.3, -0.25) is 14.4 Å². The van der Waals surface area contributed by atoms with E-state index in [1.807, 2.05) is 13.8 Å². The van der Waals surface area contributed by atoms with Crippen molar-refractivity contribution in [1.82, 2.24) is 0 Å². The van der Waals surface area contributed by atoms with E-state index in [1.165, 1.54) is 0 Å². The molecule has 1 aromatic carbocycles. The minimum Gasteiger partial charge on any atom is -0.326 e. The third kappa shape index (κ3) is 3.61. The number of nitrogens with one attached hydrogen (secondary N) is 1. The van der Waals surface area contributed by atoms with Gasteiger partial charge in [-0.25, -0.2) is 0 Å². The van der Waals surface area contributed by atoms with Gasteiger partial charge < -0.3 is 10.2 Å². The summed E-state index contributed by atoms with van der Waals surface area (Å²) >= 11 is 5.45. The largest absolute Gasteiger partial charge is 0.326 e. The van der Waals surface area contributed by atoms with E-state index in [9.17, 15) is 14.4 Å². The fraction of sp³-hybridized carbons (Fsp3) is 0.400. The van der Waals surface area contributed by atoms with Crippen LogP contribution in [-0.2, 0) is 14.4 Å². The van der Waals surface area contributed by atoms with Crippen LogP contribution >= 0.6 is 11.6 Å². The molecular formula is C15H17ClN2O3. The minimum absolute atomic E-state index is 0.0622. The van der Waals surface area contributed by atoms with Gasteiger partial charge in [-0.2, -0.15) is 0 Å². The van der Waals surface area contributed by atoms with E-state index in [4.69, 9.17) is 11.6 Å². The fourth-order valence-corrected chi connectivity index (χ4v) is 2.27. The van der Waals surface area contributed by atoms with E-state index < -0.39 is 11.2 Å². The first-order valence-electron chi connectivity index (χ1n) is 6.79. The van der Waals surface area contributed by atoms with E-state index in [2.05, 4.69) is 5.32 Å². The molecule has 0 bridgehead atoms. The second kappa shape index (κ2) is 6.26. The van der Waals surface area contributed by atoms with Crippen LogP contribution in [0.15, 0.2) is 24.3 Å². The van der Waals surface area contributed by atoms with Crippen LogP contribution in [0.3, 0.4) is 0 Å². The van der Waals surface area contributed by atoms with Crippen LogP contribution in [-0.4, -0.2) is 23.6 Å². The zero-order valence-electron chi connectivity index (χ0n) is 11.9. The Balaban J connectivity index is 2.07. The van der Waals surface area contributed by atoms with Crippen molar-refractivity contribution in [2.45, 2.75) is 20.3 Å². The van der Waals surface area contributed by atoms with Crippen molar-refractivity contribution < 1.29 is 14.4 Å². The smallest absolute Gasteiger partial charge is 0.227 e. The summed E-state index contributed by atoms with van der Waals surface area (Å²) in [6, 6.07) is 6.96. The third-order valence-electron chi connectivity index (χ3n) is 3.42. The van der Waals surface area contributed by atoms with Crippen molar-refractivity contribution >= 4 is 40.0 Å². The zero-order valence-corrected chi connectivity index (χ0v) is 12.7. The summed E-state index contributed by atoms with van der Waals surface area (Å²) in [6.45, 7) is 3.94. The van der Waals surface area contributed by atoms with Crippen molar-refractivity contribution in [3.63, 3.8) is 0 Å². The van der Waals surface area contributed by atoms with Gasteiger partial charge in [0.1, 0.15) is 0 Å². The predicted octanol–water partition coefficient (Wildman–Crippen LogP) is 2.40. The SMILES string of the molecule is CC(C)C(=O)Nc1ccc(N2C[C@H](C(=O)Cl)CC2=O)cc1. The Morgan fingerprint density at radius 3 is 2.38 bits per heavy atom. The number of nitrogens with zero attached hydrogens (tertiary/aromatic N) is 1. The summed E-state index contributed by atoms with van der Waals surface area (Å²) in [5, 5.41) is 2.30. The van der Waals surface area contributed by atoms with Gasteiger partial charge in [0.15, 0.2) is 0 Å². The van der Waals surface area contributed by atoms with E-state index >= 15 is 0 Å². The first kappa shape index (κ1) is 15.5.